The molecule has 2 aliphatic carbocycles. The fourth-order valence-electron chi connectivity index (χ4n) is 5.96. The minimum atomic E-state index is 0.145. The van der Waals surface area contributed by atoms with Crippen molar-refractivity contribution >= 4 is 17.2 Å². The molecule has 35 heavy (non-hydrogen) atoms. The van der Waals surface area contributed by atoms with E-state index in [1.54, 1.807) is 11.3 Å². The largest absolute Gasteiger partial charge is 0.474 e. The number of aryl methyl sites for hydroxylation is 1. The average molecular weight is 497 g/mol. The van der Waals surface area contributed by atoms with Crippen molar-refractivity contribution in [2.45, 2.75) is 96.1 Å². The standard InChI is InChI=1S/C28H40N4O2S/c1-20-29-19-25(35-20)18-27(33)30-23-9-6-21(7-10-23)12-15-32-16-13-22-8-11-28(31-26(22)14-17-32)34-24-4-2-3-5-24/h8,11,19,21,23-24H,2-7,9-10,12-18H2,1H3,(H,30,33)/t21-,23-. The van der Waals surface area contributed by atoms with Crippen LogP contribution in [0, 0.1) is 12.8 Å². The molecule has 7 heteroatoms. The number of fused-ring (bicyclic) bond motifs is 1. The lowest BCUT2D eigenvalue weighted by atomic mass is 9.84. The van der Waals surface area contributed by atoms with Crippen LogP contribution in [0.2, 0.25) is 0 Å². The van der Waals surface area contributed by atoms with E-state index in [2.05, 4.69) is 27.3 Å². The predicted molar refractivity (Wildman–Crippen MR) is 140 cm³/mol. The Morgan fingerprint density at radius 2 is 1.91 bits per heavy atom. The van der Waals surface area contributed by atoms with Gasteiger partial charge < -0.3 is 15.0 Å². The monoisotopic (exact) mass is 496 g/mol. The van der Waals surface area contributed by atoms with Crippen molar-refractivity contribution < 1.29 is 9.53 Å². The van der Waals surface area contributed by atoms with Crippen LogP contribution in [0.5, 0.6) is 5.88 Å². The maximum Gasteiger partial charge on any atom is 0.225 e. The molecule has 3 heterocycles. The fraction of sp³-hybridized carbons (Fsp3) is 0.679. The zero-order chi connectivity index (χ0) is 24.0. The molecule has 2 aromatic rings. The lowest BCUT2D eigenvalue weighted by Crippen LogP contribution is -2.38. The van der Waals surface area contributed by atoms with Gasteiger partial charge in [-0.3, -0.25) is 4.79 Å². The van der Waals surface area contributed by atoms with E-state index in [9.17, 15) is 4.79 Å². The van der Waals surface area contributed by atoms with Gasteiger partial charge in [0.05, 0.1) is 11.4 Å². The average Bonchev–Trinajstić information content (AvgIpc) is 3.46. The molecule has 0 bridgehead atoms. The number of thiazole rings is 1. The molecule has 190 valence electrons. The Balaban J connectivity index is 1.01. The molecule has 0 radical (unpaired) electrons. The van der Waals surface area contributed by atoms with Gasteiger partial charge in [-0.15, -0.1) is 11.3 Å². The minimum Gasteiger partial charge on any atom is -0.474 e. The lowest BCUT2D eigenvalue weighted by molar-refractivity contribution is -0.121. The van der Waals surface area contributed by atoms with Crippen LogP contribution in [0.3, 0.4) is 0 Å². The molecule has 0 unspecified atom stereocenters. The maximum absolute atomic E-state index is 12.4. The number of hydrogen-bond acceptors (Lipinski definition) is 6. The predicted octanol–water partition coefficient (Wildman–Crippen LogP) is 4.88. The lowest BCUT2D eigenvalue weighted by Gasteiger charge is -2.30. The number of hydrogen-bond donors (Lipinski definition) is 1. The molecule has 0 spiro atoms. The summed E-state index contributed by atoms with van der Waals surface area (Å²) in [6, 6.07) is 4.68. The van der Waals surface area contributed by atoms with E-state index in [1.165, 1.54) is 62.7 Å². The molecule has 1 N–H and O–H groups in total. The summed E-state index contributed by atoms with van der Waals surface area (Å²) in [6.45, 7) is 5.37. The molecule has 2 aromatic heterocycles. The number of nitrogens with zero attached hydrogens (tertiary/aromatic N) is 3. The van der Waals surface area contributed by atoms with Gasteiger partial charge in [0.1, 0.15) is 6.10 Å². The Labute approximate surface area is 213 Å². The van der Waals surface area contributed by atoms with E-state index < -0.39 is 0 Å². The van der Waals surface area contributed by atoms with Crippen LogP contribution in [-0.2, 0) is 24.1 Å². The molecule has 1 amide bonds. The Hall–Kier alpha value is -1.99. The highest BCUT2D eigenvalue weighted by Crippen LogP contribution is 2.28. The summed E-state index contributed by atoms with van der Waals surface area (Å²) in [5.74, 6) is 1.75. The smallest absolute Gasteiger partial charge is 0.225 e. The van der Waals surface area contributed by atoms with Gasteiger partial charge in [0, 0.05) is 48.4 Å². The van der Waals surface area contributed by atoms with Crippen LogP contribution in [-0.4, -0.2) is 52.6 Å². The van der Waals surface area contributed by atoms with Gasteiger partial charge >= 0.3 is 0 Å². The van der Waals surface area contributed by atoms with Crippen LogP contribution in [0.15, 0.2) is 18.3 Å². The number of ether oxygens (including phenoxy) is 1. The van der Waals surface area contributed by atoms with Crippen molar-refractivity contribution in [1.82, 2.24) is 20.2 Å². The van der Waals surface area contributed by atoms with Gasteiger partial charge in [-0.1, -0.05) is 6.07 Å². The molecular formula is C28H40N4O2S. The van der Waals surface area contributed by atoms with Gasteiger partial charge in [-0.05, 0) is 89.2 Å². The first-order valence-corrected chi connectivity index (χ1v) is 14.5. The number of amides is 1. The first-order chi connectivity index (χ1) is 17.1. The number of pyridine rings is 1. The maximum atomic E-state index is 12.4. The molecule has 6 nitrogen and oxygen atoms in total. The van der Waals surface area contributed by atoms with Crippen LogP contribution in [0.25, 0.3) is 0 Å². The van der Waals surface area contributed by atoms with Crippen LogP contribution >= 0.6 is 11.3 Å². The second-order valence-electron chi connectivity index (χ2n) is 10.7. The quantitative estimate of drug-likeness (QED) is 0.564. The Morgan fingerprint density at radius 1 is 1.11 bits per heavy atom. The Bertz CT molecular complexity index is 979. The van der Waals surface area contributed by atoms with Crippen LogP contribution < -0.4 is 10.1 Å². The van der Waals surface area contributed by atoms with E-state index in [0.29, 0.717) is 18.6 Å². The number of rotatable bonds is 8. The molecule has 0 atom stereocenters. The summed E-state index contributed by atoms with van der Waals surface area (Å²) in [6.07, 6.45) is 15.6. The SMILES string of the molecule is Cc1ncc(CC(=O)N[C@H]2CC[C@H](CCN3CCc4ccc(OC5CCCC5)nc4CC3)CC2)s1. The molecular weight excluding hydrogens is 456 g/mol. The first kappa shape index (κ1) is 24.7. The van der Waals surface area contributed by atoms with Gasteiger partial charge in [0.15, 0.2) is 0 Å². The third-order valence-corrected chi connectivity index (χ3v) is 8.98. The molecule has 3 aliphatic rings. The zero-order valence-corrected chi connectivity index (χ0v) is 22.0. The topological polar surface area (TPSA) is 67.4 Å². The van der Waals surface area contributed by atoms with Crippen LogP contribution in [0.4, 0.5) is 0 Å². The van der Waals surface area contributed by atoms with Crippen molar-refractivity contribution in [3.05, 3.63) is 39.5 Å². The molecule has 5 rings (SSSR count). The molecule has 0 aromatic carbocycles. The Kier molecular flexibility index (Phi) is 8.35. The summed E-state index contributed by atoms with van der Waals surface area (Å²) >= 11 is 1.62. The van der Waals surface area contributed by atoms with Crippen molar-refractivity contribution in [3.8, 4) is 5.88 Å². The van der Waals surface area contributed by atoms with Crippen molar-refractivity contribution in [2.75, 3.05) is 19.6 Å². The molecule has 0 saturated heterocycles. The summed E-state index contributed by atoms with van der Waals surface area (Å²) in [5.41, 5.74) is 2.64. The third-order valence-electron chi connectivity index (χ3n) is 8.06. The van der Waals surface area contributed by atoms with Gasteiger partial charge in [-0.25, -0.2) is 9.97 Å². The van der Waals surface area contributed by atoms with Crippen LogP contribution in [0.1, 0.15) is 78.9 Å². The first-order valence-electron chi connectivity index (χ1n) is 13.7. The Morgan fingerprint density at radius 3 is 2.69 bits per heavy atom. The summed E-state index contributed by atoms with van der Waals surface area (Å²) in [7, 11) is 0. The zero-order valence-electron chi connectivity index (χ0n) is 21.1. The van der Waals surface area contributed by atoms with E-state index in [0.717, 1.165) is 60.5 Å². The number of carbonyl (C=O) groups excluding carboxylic acids is 1. The van der Waals surface area contributed by atoms with Gasteiger partial charge in [0.25, 0.3) is 0 Å². The minimum absolute atomic E-state index is 0.145. The summed E-state index contributed by atoms with van der Waals surface area (Å²) in [5, 5.41) is 4.28. The fourth-order valence-corrected chi connectivity index (χ4v) is 6.75. The number of carbonyl (C=O) groups is 1. The molecule has 2 fully saturated rings. The third kappa shape index (κ3) is 7.04. The highest BCUT2D eigenvalue weighted by Gasteiger charge is 2.24. The summed E-state index contributed by atoms with van der Waals surface area (Å²) < 4.78 is 6.15. The number of nitrogens with one attached hydrogen (secondary N) is 1. The molecule has 2 saturated carbocycles. The number of aromatic nitrogens is 2. The highest BCUT2D eigenvalue weighted by molar-refractivity contribution is 7.11. The second-order valence-corrected chi connectivity index (χ2v) is 12.0. The second kappa shape index (κ2) is 11.8. The summed E-state index contributed by atoms with van der Waals surface area (Å²) in [4.78, 5) is 25.2. The van der Waals surface area contributed by atoms with E-state index >= 15 is 0 Å². The van der Waals surface area contributed by atoms with E-state index in [-0.39, 0.29) is 5.91 Å². The van der Waals surface area contributed by atoms with Gasteiger partial charge in [-0.2, -0.15) is 0 Å². The highest BCUT2D eigenvalue weighted by atomic mass is 32.1. The van der Waals surface area contributed by atoms with Crippen molar-refractivity contribution in [1.29, 1.82) is 0 Å². The van der Waals surface area contributed by atoms with Crippen molar-refractivity contribution in [2.24, 2.45) is 5.92 Å². The van der Waals surface area contributed by atoms with E-state index in [1.807, 2.05) is 13.1 Å². The van der Waals surface area contributed by atoms with Crippen molar-refractivity contribution in [3.63, 3.8) is 0 Å². The van der Waals surface area contributed by atoms with E-state index in [4.69, 9.17) is 9.72 Å². The molecule has 1 aliphatic heterocycles. The van der Waals surface area contributed by atoms with Gasteiger partial charge in [0.2, 0.25) is 11.8 Å². The normalized spacial score (nSPS) is 23.6.